The Morgan fingerprint density at radius 1 is 0.759 bits per heavy atom. The molecule has 2 aromatic carbocycles. The molecule has 2 aliphatic rings. The van der Waals surface area contributed by atoms with Crippen molar-refractivity contribution in [3.8, 4) is 0 Å². The normalized spacial score (nSPS) is 15.1. The second kappa shape index (κ2) is 12.7. The highest BCUT2D eigenvalue weighted by atomic mass is 35.5. The molecule has 0 saturated carbocycles. The fraction of sp³-hybridized carbons (Fsp3) is 0.250. The van der Waals surface area contributed by atoms with Crippen LogP contribution in [0.15, 0.2) is 85.0 Å². The molecule has 0 radical (unpaired) electrons. The summed E-state index contributed by atoms with van der Waals surface area (Å²) in [6, 6.07) is 18.8. The topological polar surface area (TPSA) is 72.2 Å². The molecule has 0 spiro atoms. The summed E-state index contributed by atoms with van der Waals surface area (Å²) in [6.07, 6.45) is 12.6. The molecule has 0 saturated heterocycles. The highest BCUT2D eigenvalue weighted by Gasteiger charge is 2.13. The second-order valence-corrected chi connectivity index (χ2v) is 7.17. The van der Waals surface area contributed by atoms with Gasteiger partial charge in [0.2, 0.25) is 0 Å². The van der Waals surface area contributed by atoms with Gasteiger partial charge in [0.25, 0.3) is 11.1 Å². The van der Waals surface area contributed by atoms with Crippen LogP contribution in [0.4, 0.5) is 0 Å². The van der Waals surface area contributed by atoms with Gasteiger partial charge in [0.1, 0.15) is 0 Å². The van der Waals surface area contributed by atoms with Gasteiger partial charge in [-0.2, -0.15) is 0 Å². The highest BCUT2D eigenvalue weighted by Crippen LogP contribution is 2.10. The van der Waals surface area contributed by atoms with Crippen molar-refractivity contribution in [2.45, 2.75) is 37.8 Å². The van der Waals surface area contributed by atoms with Crippen LogP contribution in [0.1, 0.15) is 46.4 Å². The van der Waals surface area contributed by atoms with E-state index in [0.717, 1.165) is 31.2 Å². The fourth-order valence-corrected chi connectivity index (χ4v) is 2.93. The molecule has 0 unspecified atom stereocenters. The van der Waals surface area contributed by atoms with E-state index in [1.165, 1.54) is 0 Å². The van der Waals surface area contributed by atoms with Gasteiger partial charge in [-0.15, -0.1) is 0 Å². The largest absolute Gasteiger partial charge is 0.349 e. The zero-order valence-electron chi connectivity index (χ0n) is 16.3. The zero-order valence-corrected chi connectivity index (χ0v) is 17.1. The molecule has 0 bridgehead atoms. The Balaban J connectivity index is 0.000000171. The van der Waals surface area contributed by atoms with Gasteiger partial charge in [-0.25, -0.2) is 0 Å². The van der Waals surface area contributed by atoms with Gasteiger partial charge in [-0.05, 0) is 49.4 Å². The highest BCUT2D eigenvalue weighted by molar-refractivity contribution is 6.67. The molecule has 4 nitrogen and oxygen atoms in total. The number of benzene rings is 2. The van der Waals surface area contributed by atoms with E-state index in [2.05, 4.69) is 29.6 Å². The molecular weight excluding hydrogens is 384 g/mol. The predicted octanol–water partition coefficient (Wildman–Crippen LogP) is 4.86. The third-order valence-electron chi connectivity index (χ3n) is 4.42. The van der Waals surface area contributed by atoms with E-state index >= 15 is 0 Å². The third-order valence-corrected chi connectivity index (χ3v) is 4.64. The van der Waals surface area contributed by atoms with E-state index in [1.807, 2.05) is 36.4 Å². The van der Waals surface area contributed by atoms with E-state index in [1.54, 1.807) is 24.3 Å². The Bertz CT molecular complexity index is 803. The number of halogens is 1. The number of carbonyl (C=O) groups is 2. The third kappa shape index (κ3) is 8.90. The number of nitrogens with two attached hydrogens (primary N) is 1. The van der Waals surface area contributed by atoms with Crippen molar-refractivity contribution in [1.82, 2.24) is 5.32 Å². The fourth-order valence-electron chi connectivity index (χ4n) is 2.80. The molecule has 0 atom stereocenters. The molecule has 0 fully saturated rings. The van der Waals surface area contributed by atoms with Gasteiger partial charge in [-0.1, -0.05) is 72.8 Å². The Morgan fingerprint density at radius 3 is 1.59 bits per heavy atom. The minimum Gasteiger partial charge on any atom is -0.349 e. The predicted molar refractivity (Wildman–Crippen MR) is 119 cm³/mol. The zero-order chi connectivity index (χ0) is 20.9. The van der Waals surface area contributed by atoms with Crippen LogP contribution in [0.3, 0.4) is 0 Å². The minimum atomic E-state index is -0.407. The number of hydrogen-bond acceptors (Lipinski definition) is 3. The van der Waals surface area contributed by atoms with E-state index in [0.29, 0.717) is 17.6 Å². The second-order valence-electron chi connectivity index (χ2n) is 6.82. The Hall–Kier alpha value is -2.69. The number of rotatable bonds is 3. The summed E-state index contributed by atoms with van der Waals surface area (Å²) < 4.78 is 0. The first-order valence-corrected chi connectivity index (χ1v) is 10.1. The van der Waals surface area contributed by atoms with Crippen LogP contribution in [0.25, 0.3) is 0 Å². The van der Waals surface area contributed by atoms with Crippen LogP contribution in [0, 0.1) is 0 Å². The first-order valence-electron chi connectivity index (χ1n) is 9.72. The van der Waals surface area contributed by atoms with Crippen LogP contribution >= 0.6 is 11.6 Å². The lowest BCUT2D eigenvalue weighted by molar-refractivity contribution is 0.0938. The smallest absolute Gasteiger partial charge is 0.252 e. The van der Waals surface area contributed by atoms with Crippen LogP contribution < -0.4 is 11.1 Å². The minimum absolute atomic E-state index is 0.0271. The van der Waals surface area contributed by atoms with Gasteiger partial charge in [0.15, 0.2) is 0 Å². The first kappa shape index (κ1) is 22.6. The average molecular weight is 411 g/mol. The average Bonchev–Trinajstić information content (AvgIpc) is 3.44. The summed E-state index contributed by atoms with van der Waals surface area (Å²) in [7, 11) is 0. The lowest BCUT2D eigenvalue weighted by Gasteiger charge is -2.11. The van der Waals surface area contributed by atoms with Crippen molar-refractivity contribution in [3.63, 3.8) is 0 Å². The van der Waals surface area contributed by atoms with Gasteiger partial charge in [0, 0.05) is 23.2 Å². The van der Waals surface area contributed by atoms with Gasteiger partial charge >= 0.3 is 0 Å². The van der Waals surface area contributed by atoms with Crippen molar-refractivity contribution in [2.75, 3.05) is 0 Å². The van der Waals surface area contributed by atoms with Crippen molar-refractivity contribution in [3.05, 3.63) is 96.1 Å². The van der Waals surface area contributed by atoms with E-state index in [9.17, 15) is 9.59 Å². The molecule has 29 heavy (non-hydrogen) atoms. The van der Waals surface area contributed by atoms with Crippen LogP contribution in [-0.2, 0) is 0 Å². The SMILES string of the molecule is NC1CC=CC1.O=C(Cl)c1ccccc1.O=C(NC1CC=CC1)c1ccccc1. The molecule has 4 rings (SSSR count). The van der Waals surface area contributed by atoms with Crippen molar-refractivity contribution in [2.24, 2.45) is 5.73 Å². The maximum absolute atomic E-state index is 11.7. The number of nitrogens with one attached hydrogen (secondary N) is 1. The molecule has 0 aliphatic heterocycles. The Kier molecular flexibility index (Phi) is 9.90. The molecule has 3 N–H and O–H groups in total. The van der Waals surface area contributed by atoms with Crippen molar-refractivity contribution >= 4 is 22.8 Å². The van der Waals surface area contributed by atoms with Crippen molar-refractivity contribution in [1.29, 1.82) is 0 Å². The monoisotopic (exact) mass is 410 g/mol. The molecule has 2 aliphatic carbocycles. The molecule has 0 heterocycles. The Labute approximate surface area is 177 Å². The number of amides is 1. The van der Waals surface area contributed by atoms with Crippen LogP contribution in [-0.4, -0.2) is 23.2 Å². The maximum atomic E-state index is 11.7. The summed E-state index contributed by atoms with van der Waals surface area (Å²) >= 11 is 5.16. The van der Waals surface area contributed by atoms with Crippen LogP contribution in [0.2, 0.25) is 0 Å². The van der Waals surface area contributed by atoms with Gasteiger partial charge in [0.05, 0.1) is 0 Å². The molecule has 5 heteroatoms. The summed E-state index contributed by atoms with van der Waals surface area (Å²) in [6.45, 7) is 0. The van der Waals surface area contributed by atoms with Gasteiger partial charge < -0.3 is 11.1 Å². The molecule has 152 valence electrons. The molecule has 0 aromatic heterocycles. The van der Waals surface area contributed by atoms with E-state index in [4.69, 9.17) is 17.3 Å². The Morgan fingerprint density at radius 2 is 1.21 bits per heavy atom. The van der Waals surface area contributed by atoms with E-state index in [-0.39, 0.29) is 5.91 Å². The molecule has 2 aromatic rings. The molecular formula is C24H27ClN2O2. The lowest BCUT2D eigenvalue weighted by Crippen LogP contribution is -2.32. The maximum Gasteiger partial charge on any atom is 0.252 e. The standard InChI is InChI=1S/C12H13NO.C7H5ClO.C5H9N/c14-12(10-6-2-1-3-7-10)13-11-8-4-5-9-11;8-7(9)6-4-2-1-3-5-6;6-5-3-1-2-4-5/h1-7,11H,8-9H2,(H,13,14);1-5H;1-2,5H,3-4,6H2. The lowest BCUT2D eigenvalue weighted by atomic mass is 10.2. The van der Waals surface area contributed by atoms with E-state index < -0.39 is 5.24 Å². The van der Waals surface area contributed by atoms with Crippen molar-refractivity contribution < 1.29 is 9.59 Å². The summed E-state index contributed by atoms with van der Waals surface area (Å²) in [5, 5.41) is 2.59. The van der Waals surface area contributed by atoms with Crippen LogP contribution in [0.5, 0.6) is 0 Å². The summed E-state index contributed by atoms with van der Waals surface area (Å²) in [4.78, 5) is 22.1. The summed E-state index contributed by atoms with van der Waals surface area (Å²) in [5.74, 6) is 0.0271. The van der Waals surface area contributed by atoms with Gasteiger partial charge in [-0.3, -0.25) is 9.59 Å². The number of hydrogen-bond donors (Lipinski definition) is 2. The quantitative estimate of drug-likeness (QED) is 0.560. The molecule has 1 amide bonds. The first-order chi connectivity index (χ1) is 14.1. The summed E-state index contributed by atoms with van der Waals surface area (Å²) in [5.41, 5.74) is 6.75. The number of carbonyl (C=O) groups excluding carboxylic acids is 2.